The van der Waals surface area contributed by atoms with Crippen molar-refractivity contribution in [2.45, 2.75) is 32.9 Å². The average Bonchev–Trinajstić information content (AvgIpc) is 2.73. The fraction of sp³-hybridized carbons (Fsp3) is 0.375. The lowest BCUT2D eigenvalue weighted by Crippen LogP contribution is -2.26. The number of nitrogens with zero attached hydrogens (tertiary/aromatic N) is 1. The zero-order valence-electron chi connectivity index (χ0n) is 12.7. The van der Waals surface area contributed by atoms with Crippen molar-refractivity contribution in [3.63, 3.8) is 0 Å². The highest BCUT2D eigenvalue weighted by Gasteiger charge is 2.18. The van der Waals surface area contributed by atoms with Crippen LogP contribution in [0, 0.1) is 0 Å². The van der Waals surface area contributed by atoms with Gasteiger partial charge >= 0.3 is 5.97 Å². The molecule has 0 saturated carbocycles. The van der Waals surface area contributed by atoms with Crippen molar-refractivity contribution in [3.8, 4) is 5.75 Å². The number of carbonyl (C=O) groups is 2. The van der Waals surface area contributed by atoms with Gasteiger partial charge in [0.25, 0.3) is 0 Å². The van der Waals surface area contributed by atoms with Crippen LogP contribution in [0.1, 0.15) is 31.1 Å². The average molecular weight is 289 g/mol. The van der Waals surface area contributed by atoms with Crippen LogP contribution >= 0.6 is 0 Å². The van der Waals surface area contributed by atoms with Crippen LogP contribution in [0.2, 0.25) is 0 Å². The van der Waals surface area contributed by atoms with Gasteiger partial charge in [-0.05, 0) is 32.9 Å². The fourth-order valence-electron chi connectivity index (χ4n) is 2.16. The molecule has 21 heavy (non-hydrogen) atoms. The molecular formula is C16H19NO4. The van der Waals surface area contributed by atoms with Gasteiger partial charge in [0.2, 0.25) is 0 Å². The lowest BCUT2D eigenvalue weighted by atomic mass is 10.2. The molecule has 1 heterocycles. The Morgan fingerprint density at radius 2 is 2.05 bits per heavy atom. The van der Waals surface area contributed by atoms with Crippen molar-refractivity contribution < 1.29 is 19.1 Å². The minimum absolute atomic E-state index is 0.0504. The summed E-state index contributed by atoms with van der Waals surface area (Å²) in [5.41, 5.74) is 0.768. The van der Waals surface area contributed by atoms with Crippen LogP contribution in [-0.2, 0) is 16.1 Å². The number of benzene rings is 1. The molecular weight excluding hydrogens is 270 g/mol. The molecule has 0 N–H and O–H groups in total. The van der Waals surface area contributed by atoms with Crippen molar-refractivity contribution in [2.24, 2.45) is 0 Å². The lowest BCUT2D eigenvalue weighted by molar-refractivity contribution is -0.155. The topological polar surface area (TPSA) is 57.5 Å². The number of ether oxygens (including phenoxy) is 2. The molecule has 0 fully saturated rings. The molecule has 0 saturated heterocycles. The van der Waals surface area contributed by atoms with E-state index in [0.717, 1.165) is 17.2 Å². The Bertz CT molecular complexity index is 679. The SMILES string of the molecule is COc1ccc2c(C=O)cn(CC(=O)OC(C)(C)C)c2c1. The maximum Gasteiger partial charge on any atom is 0.326 e. The van der Waals surface area contributed by atoms with Crippen LogP contribution in [0.3, 0.4) is 0 Å². The number of esters is 1. The first kappa shape index (κ1) is 15.1. The molecule has 1 aromatic heterocycles. The molecule has 0 aliphatic rings. The summed E-state index contributed by atoms with van der Waals surface area (Å²) in [4.78, 5) is 23.1. The van der Waals surface area contributed by atoms with E-state index < -0.39 is 5.60 Å². The number of carbonyl (C=O) groups excluding carboxylic acids is 2. The molecule has 0 aliphatic heterocycles. The van der Waals surface area contributed by atoms with Gasteiger partial charge in [0, 0.05) is 23.2 Å². The first-order chi connectivity index (χ1) is 9.84. The summed E-state index contributed by atoms with van der Waals surface area (Å²) >= 11 is 0. The second kappa shape index (κ2) is 5.60. The Morgan fingerprint density at radius 3 is 2.62 bits per heavy atom. The summed E-state index contributed by atoms with van der Waals surface area (Å²) in [5.74, 6) is 0.322. The second-order valence-electron chi connectivity index (χ2n) is 5.80. The third-order valence-electron chi connectivity index (χ3n) is 2.97. The molecule has 5 heteroatoms. The van der Waals surface area contributed by atoms with Crippen molar-refractivity contribution in [3.05, 3.63) is 30.0 Å². The highest BCUT2D eigenvalue weighted by Crippen LogP contribution is 2.25. The van der Waals surface area contributed by atoms with E-state index in [1.54, 1.807) is 30.0 Å². The van der Waals surface area contributed by atoms with Crippen LogP contribution < -0.4 is 4.74 Å². The molecule has 0 atom stereocenters. The van der Waals surface area contributed by atoms with E-state index in [4.69, 9.17) is 9.47 Å². The van der Waals surface area contributed by atoms with Gasteiger partial charge in [-0.3, -0.25) is 9.59 Å². The number of hydrogen-bond donors (Lipinski definition) is 0. The lowest BCUT2D eigenvalue weighted by Gasteiger charge is -2.19. The third-order valence-corrected chi connectivity index (χ3v) is 2.97. The normalized spacial score (nSPS) is 11.4. The van der Waals surface area contributed by atoms with Crippen molar-refractivity contribution in [1.82, 2.24) is 4.57 Å². The molecule has 1 aromatic carbocycles. The molecule has 112 valence electrons. The van der Waals surface area contributed by atoms with Crippen LogP contribution in [0.4, 0.5) is 0 Å². The smallest absolute Gasteiger partial charge is 0.326 e. The highest BCUT2D eigenvalue weighted by molar-refractivity contribution is 5.98. The Kier molecular flexibility index (Phi) is 4.02. The number of rotatable bonds is 4. The maximum absolute atomic E-state index is 12.0. The Hall–Kier alpha value is -2.30. The van der Waals surface area contributed by atoms with E-state index in [2.05, 4.69) is 0 Å². The quantitative estimate of drug-likeness (QED) is 0.641. The Morgan fingerprint density at radius 1 is 1.33 bits per heavy atom. The largest absolute Gasteiger partial charge is 0.497 e. The summed E-state index contributed by atoms with van der Waals surface area (Å²) < 4.78 is 12.2. The summed E-state index contributed by atoms with van der Waals surface area (Å²) in [6.07, 6.45) is 2.43. The van der Waals surface area contributed by atoms with Crippen molar-refractivity contribution >= 4 is 23.2 Å². The molecule has 0 unspecified atom stereocenters. The maximum atomic E-state index is 12.0. The molecule has 2 rings (SSSR count). The molecule has 0 aliphatic carbocycles. The molecule has 0 radical (unpaired) electrons. The van der Waals surface area contributed by atoms with Crippen molar-refractivity contribution in [1.29, 1.82) is 0 Å². The first-order valence-corrected chi connectivity index (χ1v) is 6.68. The molecule has 2 aromatic rings. The molecule has 5 nitrogen and oxygen atoms in total. The van der Waals surface area contributed by atoms with E-state index >= 15 is 0 Å². The minimum atomic E-state index is -0.536. The number of hydrogen-bond acceptors (Lipinski definition) is 4. The molecule has 0 spiro atoms. The van der Waals surface area contributed by atoms with Crippen LogP contribution in [0.15, 0.2) is 24.4 Å². The number of aldehydes is 1. The minimum Gasteiger partial charge on any atom is -0.497 e. The standard InChI is InChI=1S/C16H19NO4/c1-16(2,3)21-15(19)9-17-8-11(10-18)13-6-5-12(20-4)7-14(13)17/h5-8,10H,9H2,1-4H3. The monoisotopic (exact) mass is 289 g/mol. The van der Waals surface area contributed by atoms with Crippen molar-refractivity contribution in [2.75, 3.05) is 7.11 Å². The Labute approximate surface area is 123 Å². The first-order valence-electron chi connectivity index (χ1n) is 6.68. The van der Waals surface area contributed by atoms with Crippen LogP contribution in [0.25, 0.3) is 10.9 Å². The van der Waals surface area contributed by atoms with Gasteiger partial charge in [0.15, 0.2) is 6.29 Å². The molecule has 0 amide bonds. The summed E-state index contributed by atoms with van der Waals surface area (Å²) in [6, 6.07) is 5.39. The van der Waals surface area contributed by atoms with Gasteiger partial charge < -0.3 is 14.0 Å². The summed E-state index contributed by atoms with van der Waals surface area (Å²) in [5, 5.41) is 0.786. The Balaban J connectivity index is 2.38. The number of methoxy groups -OCH3 is 1. The number of fused-ring (bicyclic) bond motifs is 1. The second-order valence-corrected chi connectivity index (χ2v) is 5.80. The zero-order chi connectivity index (χ0) is 15.6. The van der Waals surface area contributed by atoms with E-state index in [9.17, 15) is 9.59 Å². The van der Waals surface area contributed by atoms with E-state index in [-0.39, 0.29) is 12.5 Å². The predicted molar refractivity (Wildman–Crippen MR) is 79.7 cm³/mol. The summed E-state index contributed by atoms with van der Waals surface area (Å²) in [6.45, 7) is 5.50. The van der Waals surface area contributed by atoms with Gasteiger partial charge in [-0.15, -0.1) is 0 Å². The molecule has 0 bridgehead atoms. The van der Waals surface area contributed by atoms with Gasteiger partial charge in [0.1, 0.15) is 17.9 Å². The van der Waals surface area contributed by atoms with Gasteiger partial charge in [0.05, 0.1) is 12.6 Å². The van der Waals surface area contributed by atoms with Gasteiger partial charge in [-0.2, -0.15) is 0 Å². The van der Waals surface area contributed by atoms with Gasteiger partial charge in [-0.1, -0.05) is 0 Å². The van der Waals surface area contributed by atoms with Crippen LogP contribution in [0.5, 0.6) is 5.75 Å². The highest BCUT2D eigenvalue weighted by atomic mass is 16.6. The summed E-state index contributed by atoms with van der Waals surface area (Å²) in [7, 11) is 1.57. The van der Waals surface area contributed by atoms with E-state index in [0.29, 0.717) is 11.3 Å². The van der Waals surface area contributed by atoms with Gasteiger partial charge in [-0.25, -0.2) is 0 Å². The van der Waals surface area contributed by atoms with E-state index in [1.807, 2.05) is 26.8 Å². The predicted octanol–water partition coefficient (Wildman–Crippen LogP) is 2.80. The van der Waals surface area contributed by atoms with E-state index in [1.165, 1.54) is 0 Å². The third kappa shape index (κ3) is 3.42. The number of aromatic nitrogens is 1. The van der Waals surface area contributed by atoms with Crippen LogP contribution in [-0.4, -0.2) is 29.5 Å². The fourth-order valence-corrected chi connectivity index (χ4v) is 2.16. The zero-order valence-corrected chi connectivity index (χ0v) is 12.7.